The van der Waals surface area contributed by atoms with Gasteiger partial charge < -0.3 is 15.5 Å². The van der Waals surface area contributed by atoms with E-state index in [1.54, 1.807) is 7.05 Å². The Morgan fingerprint density at radius 2 is 2.19 bits per heavy atom. The van der Waals surface area contributed by atoms with E-state index >= 15 is 0 Å². The van der Waals surface area contributed by atoms with Gasteiger partial charge in [-0.15, -0.1) is 0 Å². The molecule has 1 atom stereocenters. The Morgan fingerprint density at radius 1 is 1.29 bits per heavy atom. The fourth-order valence-electron chi connectivity index (χ4n) is 3.90. The summed E-state index contributed by atoms with van der Waals surface area (Å²) in [5, 5.41) is 23.2. The van der Waals surface area contributed by atoms with Crippen LogP contribution in [0.15, 0.2) is 59.9 Å². The van der Waals surface area contributed by atoms with Crippen molar-refractivity contribution in [3.05, 3.63) is 66.0 Å². The van der Waals surface area contributed by atoms with Gasteiger partial charge >= 0.3 is 0 Å². The molecule has 1 unspecified atom stereocenters. The van der Waals surface area contributed by atoms with Crippen LogP contribution in [0.5, 0.6) is 0 Å². The molecule has 158 valence electrons. The molecule has 0 aliphatic carbocycles. The van der Waals surface area contributed by atoms with Crippen LogP contribution >= 0.6 is 0 Å². The number of nitrogens with zero attached hydrogens (tertiary/aromatic N) is 5. The number of benzene rings is 2. The van der Waals surface area contributed by atoms with Gasteiger partial charge in [-0.2, -0.15) is 10.4 Å². The molecular formula is C23H26N8. The minimum atomic E-state index is 0.257. The van der Waals surface area contributed by atoms with E-state index in [0.29, 0.717) is 6.54 Å². The lowest BCUT2D eigenvalue weighted by Crippen LogP contribution is -2.51. The maximum atomic E-state index is 9.43. The van der Waals surface area contributed by atoms with E-state index in [2.05, 4.69) is 53.9 Å². The van der Waals surface area contributed by atoms with Gasteiger partial charge in [0.2, 0.25) is 0 Å². The first-order valence-electron chi connectivity index (χ1n) is 10.4. The van der Waals surface area contributed by atoms with Crippen molar-refractivity contribution in [2.24, 2.45) is 4.99 Å². The Kier molecular flexibility index (Phi) is 6.43. The van der Waals surface area contributed by atoms with Crippen LogP contribution in [0, 0.1) is 11.3 Å². The van der Waals surface area contributed by atoms with Crippen molar-refractivity contribution in [2.75, 3.05) is 25.0 Å². The highest BCUT2D eigenvalue weighted by atomic mass is 15.2. The molecule has 1 aliphatic heterocycles. The van der Waals surface area contributed by atoms with Gasteiger partial charge in [-0.05, 0) is 36.6 Å². The Morgan fingerprint density at radius 3 is 3.00 bits per heavy atom. The zero-order valence-electron chi connectivity index (χ0n) is 17.5. The van der Waals surface area contributed by atoms with Crippen molar-refractivity contribution < 1.29 is 0 Å². The van der Waals surface area contributed by atoms with Crippen LogP contribution in [-0.4, -0.2) is 47.3 Å². The number of H-pyrrole nitrogens is 1. The standard InChI is InChI=1S/C23H26N8/c1-25-23(26-14-17-6-4-8-18(12-17)22-27-16-28-30-22)29-20-9-5-11-31(15-20)21-10-3-2-7-19(21)13-24/h2-4,6-8,10,12,16,20H,5,9,11,14-15H2,1H3,(H2,25,26,29)(H,27,28,30). The number of aliphatic imine (C=N–C) groups is 1. The molecule has 1 fully saturated rings. The molecule has 8 heteroatoms. The van der Waals surface area contributed by atoms with Crippen LogP contribution in [0.1, 0.15) is 24.0 Å². The van der Waals surface area contributed by atoms with E-state index < -0.39 is 0 Å². The summed E-state index contributed by atoms with van der Waals surface area (Å²) < 4.78 is 0. The molecule has 1 saturated heterocycles. The number of nitrogens with one attached hydrogen (secondary N) is 3. The molecule has 1 aromatic heterocycles. The van der Waals surface area contributed by atoms with E-state index in [4.69, 9.17) is 0 Å². The average molecular weight is 415 g/mol. The van der Waals surface area contributed by atoms with Crippen molar-refractivity contribution in [1.82, 2.24) is 25.8 Å². The van der Waals surface area contributed by atoms with Crippen LogP contribution in [0.2, 0.25) is 0 Å². The topological polar surface area (TPSA) is 105 Å². The summed E-state index contributed by atoms with van der Waals surface area (Å²) in [6, 6.07) is 18.5. The number of piperidine rings is 1. The number of hydrogen-bond donors (Lipinski definition) is 3. The van der Waals surface area contributed by atoms with Crippen molar-refractivity contribution in [2.45, 2.75) is 25.4 Å². The SMILES string of the molecule is CN=C(NCc1cccc(-c2ncn[nH]2)c1)NC1CCCN(c2ccccc2C#N)C1. The van der Waals surface area contributed by atoms with E-state index in [1.165, 1.54) is 6.33 Å². The van der Waals surface area contributed by atoms with E-state index in [0.717, 1.165) is 60.1 Å². The highest BCUT2D eigenvalue weighted by Gasteiger charge is 2.22. The fourth-order valence-corrected chi connectivity index (χ4v) is 3.90. The van der Waals surface area contributed by atoms with E-state index in [9.17, 15) is 5.26 Å². The molecule has 0 radical (unpaired) electrons. The molecule has 0 spiro atoms. The van der Waals surface area contributed by atoms with Gasteiger partial charge in [-0.1, -0.05) is 30.3 Å². The number of rotatable bonds is 5. The molecule has 0 saturated carbocycles. The first kappa shape index (κ1) is 20.4. The first-order chi connectivity index (χ1) is 15.3. The van der Waals surface area contributed by atoms with Gasteiger partial charge in [0.05, 0.1) is 11.3 Å². The summed E-state index contributed by atoms with van der Waals surface area (Å²) in [7, 11) is 1.78. The highest BCUT2D eigenvalue weighted by molar-refractivity contribution is 5.80. The van der Waals surface area contributed by atoms with Crippen molar-refractivity contribution >= 4 is 11.6 Å². The molecule has 31 heavy (non-hydrogen) atoms. The number of aromatic amines is 1. The lowest BCUT2D eigenvalue weighted by Gasteiger charge is -2.35. The first-order valence-corrected chi connectivity index (χ1v) is 10.4. The highest BCUT2D eigenvalue weighted by Crippen LogP contribution is 2.23. The van der Waals surface area contributed by atoms with Crippen molar-refractivity contribution in [1.29, 1.82) is 5.26 Å². The molecule has 8 nitrogen and oxygen atoms in total. The second-order valence-corrected chi connectivity index (χ2v) is 7.52. The summed E-state index contributed by atoms with van der Waals surface area (Å²) in [5.41, 5.74) is 3.85. The molecule has 0 amide bonds. The summed E-state index contributed by atoms with van der Waals surface area (Å²) in [4.78, 5) is 10.9. The van der Waals surface area contributed by atoms with Crippen LogP contribution in [-0.2, 0) is 6.54 Å². The van der Waals surface area contributed by atoms with Crippen molar-refractivity contribution in [3.8, 4) is 17.5 Å². The van der Waals surface area contributed by atoms with Gasteiger partial charge in [0.25, 0.3) is 0 Å². The smallest absolute Gasteiger partial charge is 0.191 e. The van der Waals surface area contributed by atoms with Gasteiger partial charge in [-0.25, -0.2) is 4.98 Å². The lowest BCUT2D eigenvalue weighted by atomic mass is 10.0. The monoisotopic (exact) mass is 414 g/mol. The molecule has 4 rings (SSSR count). The number of nitriles is 1. The molecular weight excluding hydrogens is 388 g/mol. The van der Waals surface area contributed by atoms with Crippen molar-refractivity contribution in [3.63, 3.8) is 0 Å². The largest absolute Gasteiger partial charge is 0.368 e. The maximum Gasteiger partial charge on any atom is 0.191 e. The Hall–Kier alpha value is -3.86. The van der Waals surface area contributed by atoms with Crippen LogP contribution < -0.4 is 15.5 Å². The van der Waals surface area contributed by atoms with Crippen LogP contribution in [0.25, 0.3) is 11.4 Å². The van der Waals surface area contributed by atoms with Gasteiger partial charge in [0.15, 0.2) is 11.8 Å². The average Bonchev–Trinajstić information content (AvgIpc) is 3.37. The minimum absolute atomic E-state index is 0.257. The summed E-state index contributed by atoms with van der Waals surface area (Å²) in [5.74, 6) is 1.52. The third-order valence-electron chi connectivity index (χ3n) is 5.43. The minimum Gasteiger partial charge on any atom is -0.368 e. The maximum absolute atomic E-state index is 9.43. The van der Waals surface area contributed by atoms with Gasteiger partial charge in [-0.3, -0.25) is 10.1 Å². The fraction of sp³-hybridized carbons (Fsp3) is 0.304. The molecule has 2 aromatic carbocycles. The summed E-state index contributed by atoms with van der Waals surface area (Å²) in [6.07, 6.45) is 3.63. The Labute approximate surface area is 182 Å². The third-order valence-corrected chi connectivity index (χ3v) is 5.43. The number of para-hydroxylation sites is 1. The number of guanidine groups is 1. The normalized spacial score (nSPS) is 16.6. The number of hydrogen-bond acceptors (Lipinski definition) is 5. The van der Waals surface area contributed by atoms with E-state index in [-0.39, 0.29) is 6.04 Å². The predicted octanol–water partition coefficient (Wildman–Crippen LogP) is 2.68. The Bertz CT molecular complexity index is 1070. The zero-order chi connectivity index (χ0) is 21.5. The molecule has 0 bridgehead atoms. The summed E-state index contributed by atoms with van der Waals surface area (Å²) in [6.45, 7) is 2.44. The molecule has 1 aliphatic rings. The lowest BCUT2D eigenvalue weighted by molar-refractivity contribution is 0.468. The summed E-state index contributed by atoms with van der Waals surface area (Å²) >= 11 is 0. The second-order valence-electron chi connectivity index (χ2n) is 7.52. The molecule has 3 N–H and O–H groups in total. The third kappa shape index (κ3) is 5.01. The van der Waals surface area contributed by atoms with Crippen LogP contribution in [0.4, 0.5) is 5.69 Å². The van der Waals surface area contributed by atoms with Gasteiger partial charge in [0, 0.05) is 38.3 Å². The Balaban J connectivity index is 1.36. The predicted molar refractivity (Wildman–Crippen MR) is 122 cm³/mol. The zero-order valence-corrected chi connectivity index (χ0v) is 17.5. The van der Waals surface area contributed by atoms with Crippen LogP contribution in [0.3, 0.4) is 0 Å². The molecule has 2 heterocycles. The number of anilines is 1. The van der Waals surface area contributed by atoms with Gasteiger partial charge in [0.1, 0.15) is 12.4 Å². The number of aromatic nitrogens is 3. The quantitative estimate of drug-likeness (QED) is 0.438. The second kappa shape index (κ2) is 9.76. The molecule has 3 aromatic rings. The van der Waals surface area contributed by atoms with E-state index in [1.807, 2.05) is 36.4 Å².